The minimum absolute atomic E-state index is 0.223. The van der Waals surface area contributed by atoms with Crippen molar-refractivity contribution in [2.75, 3.05) is 6.54 Å². The summed E-state index contributed by atoms with van der Waals surface area (Å²) in [5, 5.41) is 7.47. The van der Waals surface area contributed by atoms with E-state index in [0.717, 1.165) is 16.7 Å². The number of carbonyl (C=O) groups is 2. The lowest BCUT2D eigenvalue weighted by Gasteiger charge is -2.17. The van der Waals surface area contributed by atoms with Crippen LogP contribution in [0.4, 0.5) is 0 Å². The molecule has 4 aromatic rings. The van der Waals surface area contributed by atoms with Crippen molar-refractivity contribution in [3.63, 3.8) is 0 Å². The van der Waals surface area contributed by atoms with E-state index in [0.29, 0.717) is 21.6 Å². The van der Waals surface area contributed by atoms with Crippen LogP contribution in [0.25, 0.3) is 11.3 Å². The Morgan fingerprint density at radius 2 is 1.51 bits per heavy atom. The third-order valence-corrected chi connectivity index (χ3v) is 5.90. The van der Waals surface area contributed by atoms with Crippen LogP contribution in [0, 0.1) is 0 Å². The highest BCUT2D eigenvalue weighted by Gasteiger charge is 2.22. The third kappa shape index (κ3) is 6.38. The Morgan fingerprint density at radius 1 is 0.857 bits per heavy atom. The van der Waals surface area contributed by atoms with Gasteiger partial charge in [-0.3, -0.25) is 9.59 Å². The Labute approximate surface area is 212 Å². The minimum Gasteiger partial charge on any atom is -0.455 e. The van der Waals surface area contributed by atoms with Gasteiger partial charge in [-0.2, -0.15) is 5.10 Å². The highest BCUT2D eigenvalue weighted by atomic mass is 35.5. The predicted octanol–water partition coefficient (Wildman–Crippen LogP) is 5.65. The van der Waals surface area contributed by atoms with Crippen LogP contribution in [0.5, 0.6) is 0 Å². The summed E-state index contributed by atoms with van der Waals surface area (Å²) >= 11 is 12.0. The predicted molar refractivity (Wildman–Crippen MR) is 138 cm³/mol. The van der Waals surface area contributed by atoms with Crippen LogP contribution < -0.4 is 10.7 Å². The maximum Gasteiger partial charge on any atom is 0.259 e. The van der Waals surface area contributed by atoms with Crippen LogP contribution in [0.1, 0.15) is 22.8 Å². The van der Waals surface area contributed by atoms with E-state index in [1.165, 1.54) is 6.21 Å². The van der Waals surface area contributed by atoms with Gasteiger partial charge in [-0.25, -0.2) is 5.43 Å². The summed E-state index contributed by atoms with van der Waals surface area (Å²) in [6, 6.07) is 27.5. The minimum atomic E-state index is -0.531. The van der Waals surface area contributed by atoms with Crippen LogP contribution in [-0.2, 0) is 9.59 Å². The molecule has 6 nitrogen and oxygen atoms in total. The number of furan rings is 1. The first-order valence-corrected chi connectivity index (χ1v) is 11.5. The Balaban J connectivity index is 1.33. The van der Waals surface area contributed by atoms with E-state index >= 15 is 0 Å². The number of carbonyl (C=O) groups excluding carboxylic acids is 2. The highest BCUT2D eigenvalue weighted by Crippen LogP contribution is 2.29. The third-order valence-electron chi connectivity index (χ3n) is 5.16. The maximum atomic E-state index is 13.0. The molecule has 3 aromatic carbocycles. The molecule has 0 aliphatic carbocycles. The van der Waals surface area contributed by atoms with Crippen molar-refractivity contribution < 1.29 is 14.0 Å². The summed E-state index contributed by atoms with van der Waals surface area (Å²) in [7, 11) is 0. The summed E-state index contributed by atoms with van der Waals surface area (Å²) in [6.45, 7) is -0.223. The van der Waals surface area contributed by atoms with E-state index < -0.39 is 11.8 Å². The van der Waals surface area contributed by atoms with Crippen molar-refractivity contribution in [1.29, 1.82) is 0 Å². The average Bonchev–Trinajstić information content (AvgIpc) is 3.35. The summed E-state index contributed by atoms with van der Waals surface area (Å²) in [5.74, 6) is -0.263. The molecule has 8 heteroatoms. The van der Waals surface area contributed by atoms with E-state index in [2.05, 4.69) is 15.8 Å². The molecule has 0 aliphatic heterocycles. The molecule has 0 unspecified atom stereocenters. The van der Waals surface area contributed by atoms with Gasteiger partial charge in [0.2, 0.25) is 5.91 Å². The number of amides is 2. The molecular weight excluding hydrogens is 485 g/mol. The highest BCUT2D eigenvalue weighted by molar-refractivity contribution is 6.42. The molecule has 2 N–H and O–H groups in total. The lowest BCUT2D eigenvalue weighted by atomic mass is 9.90. The number of halogens is 2. The van der Waals surface area contributed by atoms with E-state index in [4.69, 9.17) is 27.6 Å². The molecule has 0 saturated heterocycles. The van der Waals surface area contributed by atoms with Crippen molar-refractivity contribution in [2.24, 2.45) is 5.10 Å². The fraction of sp³-hybridized carbons (Fsp3) is 0.0741. The van der Waals surface area contributed by atoms with Gasteiger partial charge in [0.25, 0.3) is 5.91 Å². The summed E-state index contributed by atoms with van der Waals surface area (Å²) in [5.41, 5.74) is 4.83. The van der Waals surface area contributed by atoms with E-state index in [1.54, 1.807) is 30.3 Å². The van der Waals surface area contributed by atoms with Crippen molar-refractivity contribution in [3.05, 3.63) is 118 Å². The number of hydrazone groups is 1. The molecule has 176 valence electrons. The second-order valence-electron chi connectivity index (χ2n) is 7.60. The van der Waals surface area contributed by atoms with Crippen molar-refractivity contribution in [2.45, 2.75) is 5.92 Å². The summed E-state index contributed by atoms with van der Waals surface area (Å²) in [6.07, 6.45) is 1.37. The molecule has 1 heterocycles. The molecule has 2 amide bonds. The largest absolute Gasteiger partial charge is 0.455 e. The van der Waals surface area contributed by atoms with Crippen molar-refractivity contribution >= 4 is 41.2 Å². The Kier molecular flexibility index (Phi) is 7.98. The number of rotatable bonds is 8. The molecule has 0 fully saturated rings. The number of hydrogen-bond acceptors (Lipinski definition) is 4. The van der Waals surface area contributed by atoms with Gasteiger partial charge in [0.1, 0.15) is 11.5 Å². The Hall–Kier alpha value is -3.87. The zero-order valence-corrected chi connectivity index (χ0v) is 20.0. The van der Waals surface area contributed by atoms with Crippen LogP contribution in [0.3, 0.4) is 0 Å². The van der Waals surface area contributed by atoms with Gasteiger partial charge < -0.3 is 9.73 Å². The molecule has 0 spiro atoms. The van der Waals surface area contributed by atoms with E-state index in [9.17, 15) is 9.59 Å². The fourth-order valence-corrected chi connectivity index (χ4v) is 3.79. The van der Waals surface area contributed by atoms with Crippen LogP contribution >= 0.6 is 23.2 Å². The molecule has 0 aliphatic rings. The smallest absolute Gasteiger partial charge is 0.259 e. The SMILES string of the molecule is O=C(CNC(=O)C(c1ccccc1)c1ccccc1)N/N=C/c1ccc(-c2ccc(Cl)c(Cl)c2)o1. The lowest BCUT2D eigenvalue weighted by Crippen LogP contribution is -2.37. The molecule has 0 saturated carbocycles. The van der Waals surface area contributed by atoms with Crippen LogP contribution in [0.15, 0.2) is 101 Å². The quantitative estimate of drug-likeness (QED) is 0.239. The monoisotopic (exact) mass is 505 g/mol. The van der Waals surface area contributed by atoms with Gasteiger partial charge in [0.05, 0.1) is 28.7 Å². The molecule has 0 radical (unpaired) electrons. The first kappa shape index (κ1) is 24.3. The first-order valence-electron chi connectivity index (χ1n) is 10.8. The second kappa shape index (κ2) is 11.5. The van der Waals surface area contributed by atoms with Gasteiger partial charge >= 0.3 is 0 Å². The Morgan fingerprint density at radius 3 is 2.14 bits per heavy atom. The zero-order valence-electron chi connectivity index (χ0n) is 18.4. The first-order chi connectivity index (χ1) is 17.0. The number of hydrogen-bond donors (Lipinski definition) is 2. The number of benzene rings is 3. The van der Waals surface area contributed by atoms with Gasteiger partial charge in [0.15, 0.2) is 0 Å². The molecule has 0 bridgehead atoms. The summed E-state index contributed by atoms with van der Waals surface area (Å²) in [4.78, 5) is 25.2. The summed E-state index contributed by atoms with van der Waals surface area (Å²) < 4.78 is 5.70. The van der Waals surface area contributed by atoms with Gasteiger partial charge in [-0.1, -0.05) is 83.9 Å². The van der Waals surface area contributed by atoms with Crippen LogP contribution in [0.2, 0.25) is 10.0 Å². The van der Waals surface area contributed by atoms with Crippen molar-refractivity contribution in [3.8, 4) is 11.3 Å². The van der Waals surface area contributed by atoms with Crippen LogP contribution in [-0.4, -0.2) is 24.6 Å². The van der Waals surface area contributed by atoms with E-state index in [1.807, 2.05) is 60.7 Å². The molecule has 0 atom stereocenters. The number of nitrogens with zero attached hydrogens (tertiary/aromatic N) is 1. The van der Waals surface area contributed by atoms with Gasteiger partial charge in [-0.15, -0.1) is 0 Å². The average molecular weight is 506 g/mol. The van der Waals surface area contributed by atoms with Crippen molar-refractivity contribution in [1.82, 2.24) is 10.7 Å². The lowest BCUT2D eigenvalue weighted by molar-refractivity contribution is -0.126. The molecular formula is C27H21Cl2N3O3. The fourth-order valence-electron chi connectivity index (χ4n) is 3.49. The number of nitrogens with one attached hydrogen (secondary N) is 2. The second-order valence-corrected chi connectivity index (χ2v) is 8.41. The standard InChI is InChI=1S/C27H21Cl2N3O3/c28-22-13-11-20(15-23(22)29)24-14-12-21(35-24)16-31-32-25(33)17-30-27(34)26(18-7-3-1-4-8-18)19-9-5-2-6-10-19/h1-16,26H,17H2,(H,30,34)(H,32,33)/b31-16+. The van der Waals surface area contributed by atoms with Gasteiger partial charge in [-0.05, 0) is 41.5 Å². The zero-order chi connectivity index (χ0) is 24.6. The van der Waals surface area contributed by atoms with Gasteiger partial charge in [0, 0.05) is 5.56 Å². The topological polar surface area (TPSA) is 83.7 Å². The normalized spacial score (nSPS) is 11.1. The molecule has 35 heavy (non-hydrogen) atoms. The maximum absolute atomic E-state index is 13.0. The molecule has 4 rings (SSSR count). The van der Waals surface area contributed by atoms with E-state index in [-0.39, 0.29) is 12.5 Å². The molecule has 1 aromatic heterocycles. The Bertz CT molecular complexity index is 1300.